The molecule has 0 spiro atoms. The second-order valence-electron chi connectivity index (χ2n) is 5.10. The van der Waals surface area contributed by atoms with E-state index in [1.165, 1.54) is 18.2 Å². The van der Waals surface area contributed by atoms with Crippen LogP contribution in [-0.4, -0.2) is 30.2 Å². The summed E-state index contributed by atoms with van der Waals surface area (Å²) in [7, 11) is -3.69. The molecule has 0 bridgehead atoms. The van der Waals surface area contributed by atoms with Crippen molar-refractivity contribution < 1.29 is 31.6 Å². The first-order chi connectivity index (χ1) is 11.6. The Labute approximate surface area is 150 Å². The summed E-state index contributed by atoms with van der Waals surface area (Å²) in [6, 6.07) is 4.46. The molecule has 0 amide bonds. The van der Waals surface area contributed by atoms with Crippen molar-refractivity contribution in [2.24, 2.45) is 0 Å². The van der Waals surface area contributed by atoms with Crippen molar-refractivity contribution >= 4 is 40.2 Å². The van der Waals surface area contributed by atoms with Gasteiger partial charge in [0.2, 0.25) is 0 Å². The van der Waals surface area contributed by atoms with Crippen LogP contribution in [0.3, 0.4) is 0 Å². The second-order valence-corrected chi connectivity index (χ2v) is 8.07. The maximum Gasteiger partial charge on any atom is 0.454 e. The third-order valence-electron chi connectivity index (χ3n) is 3.33. The summed E-state index contributed by atoms with van der Waals surface area (Å²) in [4.78, 5) is 14.7. The minimum Gasteiger partial charge on any atom is -0.357 e. The molecule has 0 aliphatic rings. The average Bonchev–Trinajstić information content (AvgIpc) is 2.81. The Morgan fingerprint density at radius 2 is 1.84 bits per heavy atom. The predicted molar refractivity (Wildman–Crippen MR) is 90.9 cm³/mol. The van der Waals surface area contributed by atoms with Crippen LogP contribution in [0.2, 0.25) is 0 Å². The molecule has 0 saturated heterocycles. The molecule has 1 N–H and O–H groups in total. The van der Waals surface area contributed by atoms with Gasteiger partial charge in [-0.2, -0.15) is 13.2 Å². The van der Waals surface area contributed by atoms with Crippen LogP contribution in [-0.2, 0) is 19.8 Å². The number of hydrogen-bond donors (Lipinski definition) is 1. The largest absolute Gasteiger partial charge is 0.454 e. The van der Waals surface area contributed by atoms with Gasteiger partial charge in [0.1, 0.15) is 0 Å². The molecule has 138 valence electrons. The van der Waals surface area contributed by atoms with Crippen molar-refractivity contribution in [2.75, 3.05) is 13.2 Å². The van der Waals surface area contributed by atoms with Gasteiger partial charge in [0.25, 0.3) is 5.78 Å². The number of carbonyl (C=O) groups is 1. The molecule has 5 nitrogen and oxygen atoms in total. The number of carbonyl (C=O) groups excluding carboxylic acids is 1. The van der Waals surface area contributed by atoms with Crippen LogP contribution in [0.4, 0.5) is 13.2 Å². The molecule has 10 heteroatoms. The fraction of sp³-hybridized carbons (Fsp3) is 0.400. The van der Waals surface area contributed by atoms with E-state index in [-0.39, 0.29) is 24.3 Å². The molecule has 0 radical (unpaired) electrons. The van der Waals surface area contributed by atoms with Crippen molar-refractivity contribution in [2.45, 2.75) is 26.2 Å². The Kier molecular flexibility index (Phi) is 6.14. The zero-order valence-corrected chi connectivity index (χ0v) is 15.9. The van der Waals surface area contributed by atoms with Crippen LogP contribution in [0.25, 0.3) is 10.9 Å². The third kappa shape index (κ3) is 4.53. The number of H-pyrrole nitrogens is 1. The molecule has 1 heterocycles. The lowest BCUT2D eigenvalue weighted by molar-refractivity contribution is -0.0884. The van der Waals surface area contributed by atoms with Gasteiger partial charge in [0, 0.05) is 21.1 Å². The van der Waals surface area contributed by atoms with E-state index in [1.807, 2.05) is 0 Å². The Morgan fingerprint density at radius 3 is 2.36 bits per heavy atom. The fourth-order valence-corrected chi connectivity index (χ4v) is 4.49. The van der Waals surface area contributed by atoms with Crippen LogP contribution in [0.1, 0.15) is 29.9 Å². The highest BCUT2D eigenvalue weighted by Crippen LogP contribution is 2.52. The molecular weight excluding hydrogens is 426 g/mol. The van der Waals surface area contributed by atoms with Crippen molar-refractivity contribution in [3.8, 4) is 0 Å². The predicted octanol–water partition coefficient (Wildman–Crippen LogP) is 5.44. The second kappa shape index (κ2) is 7.61. The number of hydrogen-bond acceptors (Lipinski definition) is 4. The van der Waals surface area contributed by atoms with Gasteiger partial charge in [-0.3, -0.25) is 9.36 Å². The Hall–Kier alpha value is -1.15. The molecule has 0 aliphatic heterocycles. The summed E-state index contributed by atoms with van der Waals surface area (Å²) < 4.78 is 62.6. The summed E-state index contributed by atoms with van der Waals surface area (Å²) in [5, 5.41) is 0.0973. The summed E-state index contributed by atoms with van der Waals surface area (Å²) in [5.41, 5.74) is -0.369. The number of alkyl halides is 3. The number of rotatable bonds is 7. The number of aromatic nitrogens is 1. The molecule has 25 heavy (non-hydrogen) atoms. The number of Topliss-reactive ketones (excluding diaryl/α,β-unsaturated/α-hetero) is 1. The molecule has 2 rings (SSSR count). The van der Waals surface area contributed by atoms with Crippen LogP contribution >= 0.6 is 23.5 Å². The smallest absolute Gasteiger partial charge is 0.357 e. The van der Waals surface area contributed by atoms with Crippen molar-refractivity contribution in [3.05, 3.63) is 33.9 Å². The lowest BCUT2D eigenvalue weighted by Gasteiger charge is -2.17. The number of ketones is 1. The zero-order valence-electron chi connectivity index (χ0n) is 13.4. The van der Waals surface area contributed by atoms with E-state index in [1.54, 1.807) is 13.8 Å². The van der Waals surface area contributed by atoms with E-state index >= 15 is 0 Å². The highest BCUT2D eigenvalue weighted by atomic mass is 79.9. The van der Waals surface area contributed by atoms with Gasteiger partial charge in [-0.05, 0) is 26.0 Å². The van der Waals surface area contributed by atoms with Crippen molar-refractivity contribution in [3.63, 3.8) is 0 Å². The molecule has 0 unspecified atom stereocenters. The van der Waals surface area contributed by atoms with Gasteiger partial charge in [0.15, 0.2) is 0 Å². The monoisotopic (exact) mass is 441 g/mol. The topological polar surface area (TPSA) is 68.4 Å². The molecule has 0 saturated carbocycles. The number of nitrogens with one attached hydrogen (secondary N) is 1. The van der Waals surface area contributed by atoms with Gasteiger partial charge in [-0.1, -0.05) is 22.0 Å². The van der Waals surface area contributed by atoms with Gasteiger partial charge in [-0.15, -0.1) is 0 Å². The first-order valence-corrected chi connectivity index (χ1v) is 9.93. The minimum atomic E-state index is -5.06. The summed E-state index contributed by atoms with van der Waals surface area (Å²) in [5.74, 6) is -2.00. The zero-order chi connectivity index (χ0) is 18.8. The molecule has 2 aromatic rings. The van der Waals surface area contributed by atoms with Gasteiger partial charge in [0.05, 0.1) is 24.9 Å². The molecule has 0 fully saturated rings. The van der Waals surface area contributed by atoms with E-state index in [0.29, 0.717) is 9.99 Å². The lowest BCUT2D eigenvalue weighted by atomic mass is 10.1. The lowest BCUT2D eigenvalue weighted by Crippen LogP contribution is -2.23. The highest BCUT2D eigenvalue weighted by Gasteiger charge is 2.43. The van der Waals surface area contributed by atoms with Crippen LogP contribution in [0, 0.1) is 0 Å². The van der Waals surface area contributed by atoms with E-state index in [4.69, 9.17) is 9.05 Å². The normalized spacial score (nSPS) is 12.7. The van der Waals surface area contributed by atoms with E-state index < -0.39 is 31.3 Å². The van der Waals surface area contributed by atoms with Crippen LogP contribution < -0.4 is 0 Å². The molecule has 0 atom stereocenters. The molecule has 1 aromatic carbocycles. The highest BCUT2D eigenvalue weighted by molar-refractivity contribution is 9.10. The summed E-state index contributed by atoms with van der Waals surface area (Å²) >= 11 is 3.22. The van der Waals surface area contributed by atoms with Gasteiger partial charge in [-0.25, -0.2) is 0 Å². The number of aromatic amines is 1. The van der Waals surface area contributed by atoms with Crippen molar-refractivity contribution in [1.82, 2.24) is 4.98 Å². The third-order valence-corrected chi connectivity index (χ3v) is 5.83. The number of fused-ring (bicyclic) bond motifs is 1. The standard InChI is InChI=1S/C15H16BrF3NO4P/c1-3-23-25(22,24-4-2)8-12-13(14(21)15(17,18)19)10-6-5-9(16)7-11(10)20-12/h5-7,20H,3-4,8H2,1-2H3. The first kappa shape index (κ1) is 20.2. The van der Waals surface area contributed by atoms with E-state index in [9.17, 15) is 22.5 Å². The molecule has 1 aromatic heterocycles. The fourth-order valence-electron chi connectivity index (χ4n) is 2.46. The first-order valence-electron chi connectivity index (χ1n) is 7.41. The minimum absolute atomic E-state index is 0.0611. The van der Waals surface area contributed by atoms with E-state index in [2.05, 4.69) is 20.9 Å². The maximum absolute atomic E-state index is 13.0. The van der Waals surface area contributed by atoms with Crippen molar-refractivity contribution in [1.29, 1.82) is 0 Å². The average molecular weight is 442 g/mol. The van der Waals surface area contributed by atoms with Gasteiger partial charge >= 0.3 is 13.8 Å². The number of halogens is 4. The van der Waals surface area contributed by atoms with Crippen LogP contribution in [0.5, 0.6) is 0 Å². The quantitative estimate of drug-likeness (QED) is 0.458. The number of benzene rings is 1. The Bertz CT molecular complexity index is 824. The van der Waals surface area contributed by atoms with Crippen LogP contribution in [0.15, 0.2) is 22.7 Å². The summed E-state index contributed by atoms with van der Waals surface area (Å²) in [6.45, 7) is 3.31. The SMILES string of the molecule is CCOP(=O)(Cc1[nH]c2cc(Br)ccc2c1C(=O)C(F)(F)F)OCC. The van der Waals surface area contributed by atoms with E-state index in [0.717, 1.165) is 0 Å². The summed E-state index contributed by atoms with van der Waals surface area (Å²) in [6.07, 6.45) is -5.52. The molecular formula is C15H16BrF3NO4P. The Balaban J connectivity index is 2.62. The van der Waals surface area contributed by atoms with Gasteiger partial charge < -0.3 is 14.0 Å². The Morgan fingerprint density at radius 1 is 1.24 bits per heavy atom. The maximum atomic E-state index is 13.0. The molecule has 0 aliphatic carbocycles.